The van der Waals surface area contributed by atoms with Crippen LogP contribution in [0.5, 0.6) is 11.5 Å². The Morgan fingerprint density at radius 3 is 2.67 bits per heavy atom. The minimum Gasteiger partial charge on any atom is -0.493 e. The lowest BCUT2D eigenvalue weighted by atomic mass is 10.2. The molecule has 0 aliphatic carbocycles. The molecule has 0 fully saturated rings. The number of nitrogens with zero attached hydrogens (tertiary/aromatic N) is 2. The predicted molar refractivity (Wildman–Crippen MR) is 118 cm³/mol. The van der Waals surface area contributed by atoms with Gasteiger partial charge in [-0.1, -0.05) is 36.4 Å². The molecule has 0 radical (unpaired) electrons. The third-order valence-electron chi connectivity index (χ3n) is 4.37. The summed E-state index contributed by atoms with van der Waals surface area (Å²) in [5.74, 6) is 1.16. The summed E-state index contributed by atoms with van der Waals surface area (Å²) >= 11 is 1.34. The third kappa shape index (κ3) is 5.83. The van der Waals surface area contributed by atoms with Crippen molar-refractivity contribution in [3.8, 4) is 17.6 Å². The molecule has 0 atom stereocenters. The monoisotopic (exact) mass is 421 g/mol. The summed E-state index contributed by atoms with van der Waals surface area (Å²) in [7, 11) is 3.48. The highest BCUT2D eigenvalue weighted by Crippen LogP contribution is 2.29. The van der Waals surface area contributed by atoms with Gasteiger partial charge in [-0.25, -0.2) is 0 Å². The molecule has 1 N–H and O–H groups in total. The van der Waals surface area contributed by atoms with E-state index in [1.165, 1.54) is 11.3 Å². The van der Waals surface area contributed by atoms with Gasteiger partial charge in [0.2, 0.25) is 5.91 Å². The molecule has 0 aliphatic rings. The van der Waals surface area contributed by atoms with E-state index in [1.54, 1.807) is 18.6 Å². The van der Waals surface area contributed by atoms with Gasteiger partial charge in [0.15, 0.2) is 11.5 Å². The molecule has 0 aliphatic heterocycles. The number of nitriles is 1. The van der Waals surface area contributed by atoms with E-state index < -0.39 is 0 Å². The molecule has 0 spiro atoms. The molecule has 1 heterocycles. The highest BCUT2D eigenvalue weighted by Gasteiger charge is 2.12. The van der Waals surface area contributed by atoms with Gasteiger partial charge in [-0.2, -0.15) is 5.26 Å². The van der Waals surface area contributed by atoms with Crippen molar-refractivity contribution < 1.29 is 14.3 Å². The predicted octanol–water partition coefficient (Wildman–Crippen LogP) is 4.28. The fraction of sp³-hybridized carbons (Fsp3) is 0.217. The van der Waals surface area contributed by atoms with E-state index in [0.717, 1.165) is 11.1 Å². The molecule has 2 aromatic carbocycles. The van der Waals surface area contributed by atoms with Crippen LogP contribution in [0, 0.1) is 11.3 Å². The van der Waals surface area contributed by atoms with Gasteiger partial charge in [-0.05, 0) is 41.8 Å². The third-order valence-corrected chi connectivity index (χ3v) is 5.20. The number of likely N-dealkylation sites (N-methyl/N-ethyl adjacent to an activating group) is 1. The number of anilines is 1. The van der Waals surface area contributed by atoms with E-state index in [2.05, 4.69) is 11.4 Å². The molecule has 6 nitrogen and oxygen atoms in total. The number of nitrogens with one attached hydrogen (secondary N) is 1. The number of carbonyl (C=O) groups excluding carboxylic acids is 1. The number of rotatable bonds is 9. The summed E-state index contributed by atoms with van der Waals surface area (Å²) in [4.78, 5) is 14.2. The first kappa shape index (κ1) is 21.4. The van der Waals surface area contributed by atoms with E-state index in [4.69, 9.17) is 14.7 Å². The van der Waals surface area contributed by atoms with Crippen molar-refractivity contribution >= 4 is 22.2 Å². The first-order valence-electron chi connectivity index (χ1n) is 9.38. The summed E-state index contributed by atoms with van der Waals surface area (Å²) in [6.45, 7) is 1.24. The zero-order valence-electron chi connectivity index (χ0n) is 16.9. The lowest BCUT2D eigenvalue weighted by molar-refractivity contribution is -0.117. The van der Waals surface area contributed by atoms with Gasteiger partial charge in [0, 0.05) is 6.54 Å². The number of carbonyl (C=O) groups is 1. The fourth-order valence-electron chi connectivity index (χ4n) is 2.94. The van der Waals surface area contributed by atoms with Gasteiger partial charge in [-0.15, -0.1) is 11.3 Å². The average Bonchev–Trinajstić information content (AvgIpc) is 3.20. The lowest BCUT2D eigenvalue weighted by Crippen LogP contribution is -2.29. The summed E-state index contributed by atoms with van der Waals surface area (Å²) in [5.41, 5.74) is 2.56. The zero-order chi connectivity index (χ0) is 21.3. The highest BCUT2D eigenvalue weighted by molar-refractivity contribution is 7.14. The number of benzene rings is 2. The van der Waals surface area contributed by atoms with Gasteiger partial charge in [0.25, 0.3) is 0 Å². The van der Waals surface area contributed by atoms with Crippen LogP contribution in [0.25, 0.3) is 0 Å². The minimum absolute atomic E-state index is 0.161. The van der Waals surface area contributed by atoms with Crippen molar-refractivity contribution in [1.82, 2.24) is 4.90 Å². The lowest BCUT2D eigenvalue weighted by Gasteiger charge is -2.18. The van der Waals surface area contributed by atoms with Crippen molar-refractivity contribution in [1.29, 1.82) is 5.26 Å². The van der Waals surface area contributed by atoms with Crippen LogP contribution >= 0.6 is 11.3 Å². The topological polar surface area (TPSA) is 74.6 Å². The molecule has 0 saturated carbocycles. The molecule has 1 amide bonds. The molecule has 7 heteroatoms. The second-order valence-corrected chi connectivity index (χ2v) is 7.67. The molecular formula is C23H23N3O3S. The minimum atomic E-state index is -0.161. The van der Waals surface area contributed by atoms with Crippen LogP contribution in [0.4, 0.5) is 5.00 Å². The van der Waals surface area contributed by atoms with E-state index in [9.17, 15) is 4.79 Å². The second kappa shape index (κ2) is 10.4. The van der Waals surface area contributed by atoms with E-state index >= 15 is 0 Å². The first-order valence-corrected chi connectivity index (χ1v) is 10.3. The Kier molecular flexibility index (Phi) is 7.44. The molecule has 30 heavy (non-hydrogen) atoms. The van der Waals surface area contributed by atoms with Gasteiger partial charge in [0.05, 0.1) is 19.2 Å². The standard InChI is InChI=1S/C23H23N3O3S/c1-26(15-22(27)25-23-19(13-24)10-11-30-23)14-18-8-9-20(21(12-18)28-2)29-16-17-6-4-3-5-7-17/h3-12H,14-16H2,1-2H3,(H,25,27). The van der Waals surface area contributed by atoms with E-state index in [1.807, 2.05) is 60.5 Å². The van der Waals surface area contributed by atoms with Crippen LogP contribution in [0.15, 0.2) is 60.0 Å². The van der Waals surface area contributed by atoms with E-state index in [0.29, 0.717) is 35.2 Å². The summed E-state index contributed by atoms with van der Waals surface area (Å²) < 4.78 is 11.4. The Bertz CT molecular complexity index is 1030. The maximum atomic E-state index is 12.3. The van der Waals surface area contributed by atoms with Gasteiger partial charge in [-0.3, -0.25) is 9.69 Å². The second-order valence-electron chi connectivity index (χ2n) is 6.76. The van der Waals surface area contributed by atoms with Crippen molar-refractivity contribution in [2.45, 2.75) is 13.2 Å². The number of thiophene rings is 1. The molecule has 3 aromatic rings. The molecule has 0 unspecified atom stereocenters. The van der Waals surface area contributed by atoms with Crippen LogP contribution in [-0.2, 0) is 17.9 Å². The summed E-state index contributed by atoms with van der Waals surface area (Å²) in [6, 6.07) is 19.5. The van der Waals surface area contributed by atoms with Crippen LogP contribution in [-0.4, -0.2) is 31.5 Å². The Labute approximate surface area is 180 Å². The van der Waals surface area contributed by atoms with Crippen molar-refractivity contribution in [2.24, 2.45) is 0 Å². The summed E-state index contributed by atoms with van der Waals surface area (Å²) in [5, 5.41) is 14.2. The largest absolute Gasteiger partial charge is 0.493 e. The average molecular weight is 422 g/mol. The van der Waals surface area contributed by atoms with Gasteiger partial charge < -0.3 is 14.8 Å². The smallest absolute Gasteiger partial charge is 0.239 e. The van der Waals surface area contributed by atoms with Crippen molar-refractivity contribution in [3.05, 3.63) is 76.7 Å². The molecule has 154 valence electrons. The van der Waals surface area contributed by atoms with Crippen LogP contribution in [0.3, 0.4) is 0 Å². The van der Waals surface area contributed by atoms with Crippen LogP contribution in [0.1, 0.15) is 16.7 Å². The van der Waals surface area contributed by atoms with Gasteiger partial charge >= 0.3 is 0 Å². The normalized spacial score (nSPS) is 10.5. The Morgan fingerprint density at radius 1 is 1.13 bits per heavy atom. The number of hydrogen-bond acceptors (Lipinski definition) is 6. The fourth-order valence-corrected chi connectivity index (χ4v) is 3.69. The molecule has 0 saturated heterocycles. The van der Waals surface area contributed by atoms with Gasteiger partial charge in [0.1, 0.15) is 17.7 Å². The molecule has 1 aromatic heterocycles. The molecule has 0 bridgehead atoms. The van der Waals surface area contributed by atoms with Crippen LogP contribution in [0.2, 0.25) is 0 Å². The SMILES string of the molecule is COc1cc(CN(C)CC(=O)Nc2sccc2C#N)ccc1OCc1ccccc1. The number of hydrogen-bond donors (Lipinski definition) is 1. The maximum absolute atomic E-state index is 12.3. The number of amides is 1. The number of methoxy groups -OCH3 is 1. The van der Waals surface area contributed by atoms with Crippen molar-refractivity contribution in [3.63, 3.8) is 0 Å². The Hall–Kier alpha value is -3.34. The van der Waals surface area contributed by atoms with Crippen molar-refractivity contribution in [2.75, 3.05) is 26.0 Å². The summed E-state index contributed by atoms with van der Waals surface area (Å²) in [6.07, 6.45) is 0. The Morgan fingerprint density at radius 2 is 1.93 bits per heavy atom. The highest BCUT2D eigenvalue weighted by atomic mass is 32.1. The molecule has 3 rings (SSSR count). The maximum Gasteiger partial charge on any atom is 0.239 e. The zero-order valence-corrected chi connectivity index (χ0v) is 17.7. The van der Waals surface area contributed by atoms with E-state index in [-0.39, 0.29) is 12.5 Å². The molecular weight excluding hydrogens is 398 g/mol. The number of ether oxygens (including phenoxy) is 2. The first-order chi connectivity index (χ1) is 14.6. The quantitative estimate of drug-likeness (QED) is 0.558. The van der Waals surface area contributed by atoms with Crippen LogP contribution < -0.4 is 14.8 Å². The Balaban J connectivity index is 1.56.